The normalized spacial score (nSPS) is 14.3. The van der Waals surface area contributed by atoms with Crippen LogP contribution in [-0.2, 0) is 0 Å². The molecule has 4 rings (SSSR count). The molecule has 144 valence electrons. The van der Waals surface area contributed by atoms with Gasteiger partial charge < -0.3 is 9.32 Å². The number of fused-ring (bicyclic) bond motifs is 1. The lowest BCUT2D eigenvalue weighted by Crippen LogP contribution is -2.19. The first kappa shape index (κ1) is 18.7. The van der Waals surface area contributed by atoms with Crippen molar-refractivity contribution in [2.75, 3.05) is 18.0 Å². The maximum Gasteiger partial charge on any atom is 0.307 e. The number of hydrogen-bond acceptors (Lipinski definition) is 4. The van der Waals surface area contributed by atoms with Gasteiger partial charge in [-0.3, -0.25) is 4.79 Å². The van der Waals surface area contributed by atoms with Gasteiger partial charge in [-0.1, -0.05) is 15.9 Å². The molecule has 0 bridgehead atoms. The van der Waals surface area contributed by atoms with Crippen molar-refractivity contribution in [1.29, 1.82) is 0 Å². The van der Waals surface area contributed by atoms with E-state index < -0.39 is 5.91 Å². The molecule has 5 nitrogen and oxygen atoms in total. The smallest absolute Gasteiger partial charge is 0.307 e. The Morgan fingerprint density at radius 3 is 2.82 bits per heavy atom. The molecule has 0 aliphatic carbocycles. The second kappa shape index (κ2) is 7.75. The van der Waals surface area contributed by atoms with Crippen molar-refractivity contribution in [3.63, 3.8) is 0 Å². The molecule has 1 saturated heterocycles. The molecule has 1 aliphatic heterocycles. The number of carbonyl (C=O) groups is 1. The average molecular weight is 444 g/mol. The quantitative estimate of drug-likeness (QED) is 0.455. The Hall–Kier alpha value is -2.67. The van der Waals surface area contributed by atoms with Gasteiger partial charge >= 0.3 is 5.91 Å². The summed E-state index contributed by atoms with van der Waals surface area (Å²) in [6.07, 6.45) is 3.63. The minimum atomic E-state index is -0.463. The van der Waals surface area contributed by atoms with Gasteiger partial charge in [0.05, 0.1) is 11.9 Å². The number of nitrogens with one attached hydrogen (secondary N) is 1. The minimum absolute atomic E-state index is 0.164. The van der Waals surface area contributed by atoms with E-state index in [2.05, 4.69) is 31.4 Å². The van der Waals surface area contributed by atoms with Crippen molar-refractivity contribution in [2.45, 2.75) is 19.8 Å². The lowest BCUT2D eigenvalue weighted by molar-refractivity contribution is 0.0929. The summed E-state index contributed by atoms with van der Waals surface area (Å²) in [5.74, 6) is -0.573. The molecule has 0 radical (unpaired) electrons. The zero-order valence-corrected chi connectivity index (χ0v) is 16.9. The molecule has 0 saturated carbocycles. The number of carbonyl (C=O) groups excluding carboxylic acids is 1. The first-order chi connectivity index (χ1) is 13.5. The molecule has 0 spiro atoms. The van der Waals surface area contributed by atoms with Crippen LogP contribution in [0, 0.1) is 12.7 Å². The Bertz CT molecular complexity index is 1070. The van der Waals surface area contributed by atoms with Crippen molar-refractivity contribution in [1.82, 2.24) is 5.43 Å². The van der Waals surface area contributed by atoms with Gasteiger partial charge in [-0.2, -0.15) is 5.10 Å². The fourth-order valence-electron chi connectivity index (χ4n) is 3.36. The van der Waals surface area contributed by atoms with Crippen LogP contribution in [0.4, 0.5) is 10.1 Å². The highest BCUT2D eigenvalue weighted by Gasteiger charge is 2.17. The van der Waals surface area contributed by atoms with Crippen LogP contribution >= 0.6 is 15.9 Å². The predicted molar refractivity (Wildman–Crippen MR) is 112 cm³/mol. The number of anilines is 1. The number of hydrogen-bond donors (Lipinski definition) is 1. The number of benzene rings is 2. The van der Waals surface area contributed by atoms with Crippen LogP contribution in [0.5, 0.6) is 0 Å². The van der Waals surface area contributed by atoms with Gasteiger partial charge in [-0.25, -0.2) is 9.82 Å². The second-order valence-corrected chi connectivity index (χ2v) is 7.76. The van der Waals surface area contributed by atoms with E-state index in [0.717, 1.165) is 41.4 Å². The molecule has 0 atom stereocenters. The van der Waals surface area contributed by atoms with E-state index in [1.54, 1.807) is 12.1 Å². The molecular formula is C21H19BrFN3O2. The highest BCUT2D eigenvalue weighted by atomic mass is 79.9. The summed E-state index contributed by atoms with van der Waals surface area (Å²) in [6.45, 7) is 3.67. The number of amides is 1. The van der Waals surface area contributed by atoms with Crippen molar-refractivity contribution < 1.29 is 13.6 Å². The highest BCUT2D eigenvalue weighted by Crippen LogP contribution is 2.26. The molecule has 1 amide bonds. The van der Waals surface area contributed by atoms with Gasteiger partial charge in [-0.05, 0) is 61.7 Å². The van der Waals surface area contributed by atoms with Gasteiger partial charge in [0.25, 0.3) is 0 Å². The molecule has 3 aromatic rings. The number of halogens is 2. The van der Waals surface area contributed by atoms with Crippen molar-refractivity contribution in [3.05, 3.63) is 63.6 Å². The zero-order valence-electron chi connectivity index (χ0n) is 15.3. The molecule has 2 heterocycles. The number of furan rings is 1. The minimum Gasteiger partial charge on any atom is -0.451 e. The molecule has 1 aliphatic rings. The van der Waals surface area contributed by atoms with E-state index in [-0.39, 0.29) is 11.6 Å². The van der Waals surface area contributed by atoms with Crippen LogP contribution in [0.2, 0.25) is 0 Å². The summed E-state index contributed by atoms with van der Waals surface area (Å²) >= 11 is 3.39. The van der Waals surface area contributed by atoms with Gasteiger partial charge in [0.2, 0.25) is 0 Å². The second-order valence-electron chi connectivity index (χ2n) is 6.85. The molecule has 1 N–H and O–H groups in total. The Labute approximate surface area is 170 Å². The summed E-state index contributed by atoms with van der Waals surface area (Å²) in [5.41, 5.74) is 5.20. The summed E-state index contributed by atoms with van der Waals surface area (Å²) in [5, 5.41) is 4.78. The van der Waals surface area contributed by atoms with Crippen molar-refractivity contribution >= 4 is 44.7 Å². The SMILES string of the molecule is Cc1cc(N2CCCC2)c(F)cc1/C=N/NC(=O)c1cc2cc(Br)ccc2o1. The first-order valence-electron chi connectivity index (χ1n) is 9.09. The summed E-state index contributed by atoms with van der Waals surface area (Å²) in [4.78, 5) is 14.3. The lowest BCUT2D eigenvalue weighted by Gasteiger charge is -2.19. The standard InChI is InChI=1S/C21H19BrFN3O2/c1-13-8-18(26-6-2-3-7-26)17(23)10-15(13)12-24-25-21(27)20-11-14-9-16(22)4-5-19(14)28-20/h4-5,8-12H,2-3,6-7H2,1H3,(H,25,27)/b24-12+. The van der Waals surface area contributed by atoms with Crippen molar-refractivity contribution in [2.24, 2.45) is 5.10 Å². The maximum absolute atomic E-state index is 14.5. The van der Waals surface area contributed by atoms with Crippen LogP contribution < -0.4 is 10.3 Å². The number of rotatable bonds is 4. The number of hydrazone groups is 1. The Morgan fingerprint density at radius 1 is 1.25 bits per heavy atom. The Morgan fingerprint density at radius 2 is 2.04 bits per heavy atom. The third-order valence-corrected chi connectivity index (χ3v) is 5.35. The topological polar surface area (TPSA) is 57.8 Å². The molecular weight excluding hydrogens is 425 g/mol. The first-order valence-corrected chi connectivity index (χ1v) is 9.88. The van der Waals surface area contributed by atoms with Crippen LogP contribution in [0.15, 0.2) is 50.4 Å². The zero-order chi connectivity index (χ0) is 19.7. The van der Waals surface area contributed by atoms with Gasteiger partial charge in [-0.15, -0.1) is 0 Å². The van der Waals surface area contributed by atoms with E-state index in [9.17, 15) is 9.18 Å². The molecule has 2 aromatic carbocycles. The third kappa shape index (κ3) is 3.80. The molecule has 0 unspecified atom stereocenters. The largest absolute Gasteiger partial charge is 0.451 e. The summed E-state index contributed by atoms with van der Waals surface area (Å²) < 4.78 is 20.9. The summed E-state index contributed by atoms with van der Waals surface area (Å²) in [6, 6.07) is 10.4. The van der Waals surface area contributed by atoms with E-state index in [1.165, 1.54) is 12.3 Å². The van der Waals surface area contributed by atoms with Crippen LogP contribution in [0.3, 0.4) is 0 Å². The maximum atomic E-state index is 14.5. The van der Waals surface area contributed by atoms with E-state index in [1.807, 2.05) is 25.1 Å². The van der Waals surface area contributed by atoms with Crippen molar-refractivity contribution in [3.8, 4) is 0 Å². The van der Waals surface area contributed by atoms with Crippen LogP contribution in [0.1, 0.15) is 34.5 Å². The highest BCUT2D eigenvalue weighted by molar-refractivity contribution is 9.10. The predicted octanol–water partition coefficient (Wildman–Crippen LogP) is 5.01. The Balaban J connectivity index is 1.47. The fraction of sp³-hybridized carbons (Fsp3) is 0.238. The van der Waals surface area contributed by atoms with Gasteiger partial charge in [0.1, 0.15) is 11.4 Å². The molecule has 28 heavy (non-hydrogen) atoms. The number of nitrogens with zero attached hydrogens (tertiary/aromatic N) is 2. The van der Waals surface area contributed by atoms with E-state index in [4.69, 9.17) is 4.42 Å². The van der Waals surface area contributed by atoms with E-state index in [0.29, 0.717) is 16.8 Å². The average Bonchev–Trinajstić information content (AvgIpc) is 3.33. The number of aryl methyl sites for hydroxylation is 1. The van der Waals surface area contributed by atoms with Gasteiger partial charge in [0.15, 0.2) is 5.76 Å². The Kier molecular flexibility index (Phi) is 5.17. The monoisotopic (exact) mass is 443 g/mol. The molecule has 7 heteroatoms. The molecule has 1 fully saturated rings. The molecule has 1 aromatic heterocycles. The lowest BCUT2D eigenvalue weighted by atomic mass is 10.1. The van der Waals surface area contributed by atoms with Crippen LogP contribution in [-0.4, -0.2) is 25.2 Å². The van der Waals surface area contributed by atoms with E-state index >= 15 is 0 Å². The fourth-order valence-corrected chi connectivity index (χ4v) is 3.74. The third-order valence-electron chi connectivity index (χ3n) is 4.85. The van der Waals surface area contributed by atoms with Crippen LogP contribution in [0.25, 0.3) is 11.0 Å². The summed E-state index contributed by atoms with van der Waals surface area (Å²) in [7, 11) is 0. The van der Waals surface area contributed by atoms with Gasteiger partial charge in [0, 0.05) is 28.5 Å².